The molecular weight excluding hydrogens is 347 g/mol. The van der Waals surface area contributed by atoms with Gasteiger partial charge in [-0.15, -0.1) is 0 Å². The zero-order valence-electron chi connectivity index (χ0n) is 15.8. The molecule has 0 radical (unpaired) electrons. The summed E-state index contributed by atoms with van der Waals surface area (Å²) in [5.41, 5.74) is 9.20. The van der Waals surface area contributed by atoms with Crippen LogP contribution in [0.5, 0.6) is 23.0 Å². The van der Waals surface area contributed by atoms with Crippen LogP contribution < -0.4 is 26.1 Å². The van der Waals surface area contributed by atoms with E-state index in [1.54, 1.807) is 0 Å². The third-order valence-electron chi connectivity index (χ3n) is 6.36. The zero-order valence-corrected chi connectivity index (χ0v) is 15.8. The van der Waals surface area contributed by atoms with Crippen LogP contribution in [0.3, 0.4) is 0 Å². The number of benzene rings is 3. The standard InChI is InChI=1S/C24H17BO3/c1-12-3-6-18-16(7-12)23-24(28-18)25-17-10-14-4-5-15(14)11-19(17)26-20-8-13(2)9-21(27-23)22(20)25/h3,6-11H,4-5H2,1-2H3. The molecule has 0 spiro atoms. The molecule has 3 aliphatic rings. The maximum atomic E-state index is 6.42. The molecule has 0 N–H and O–H groups in total. The van der Waals surface area contributed by atoms with Gasteiger partial charge in [0.15, 0.2) is 5.75 Å². The van der Waals surface area contributed by atoms with Crippen molar-refractivity contribution in [1.82, 2.24) is 0 Å². The molecule has 1 aromatic heterocycles. The molecule has 4 aromatic rings. The molecule has 0 atom stereocenters. The number of hydrogen-bond donors (Lipinski definition) is 0. The second kappa shape index (κ2) is 4.82. The lowest BCUT2D eigenvalue weighted by molar-refractivity contribution is 0.459. The Kier molecular flexibility index (Phi) is 2.56. The van der Waals surface area contributed by atoms with Gasteiger partial charge in [-0.25, -0.2) is 0 Å². The average Bonchev–Trinajstić information content (AvgIpc) is 3.00. The highest BCUT2D eigenvalue weighted by atomic mass is 16.5. The van der Waals surface area contributed by atoms with Crippen molar-refractivity contribution in [3.63, 3.8) is 0 Å². The molecule has 3 aromatic carbocycles. The first-order chi connectivity index (χ1) is 13.7. The molecule has 2 aliphatic heterocycles. The molecule has 3 heterocycles. The summed E-state index contributed by atoms with van der Waals surface area (Å²) in [6, 6.07) is 15.0. The van der Waals surface area contributed by atoms with Crippen LogP contribution in [0.1, 0.15) is 22.3 Å². The van der Waals surface area contributed by atoms with Crippen molar-refractivity contribution in [3.8, 4) is 23.0 Å². The fourth-order valence-electron chi connectivity index (χ4n) is 4.90. The van der Waals surface area contributed by atoms with E-state index in [2.05, 4.69) is 50.2 Å². The number of aryl methyl sites for hydroxylation is 4. The number of hydrogen-bond acceptors (Lipinski definition) is 3. The summed E-state index contributed by atoms with van der Waals surface area (Å²) in [5, 5.41) is 1.04. The van der Waals surface area contributed by atoms with Crippen LogP contribution in [0.25, 0.3) is 11.0 Å². The molecule has 0 fully saturated rings. The van der Waals surface area contributed by atoms with Gasteiger partial charge in [0.25, 0.3) is 0 Å². The van der Waals surface area contributed by atoms with E-state index in [-0.39, 0.29) is 6.71 Å². The van der Waals surface area contributed by atoms with Gasteiger partial charge in [-0.1, -0.05) is 17.7 Å². The average molecular weight is 364 g/mol. The molecule has 0 bridgehead atoms. The lowest BCUT2D eigenvalue weighted by atomic mass is 9.36. The Labute approximate surface area is 163 Å². The van der Waals surface area contributed by atoms with Gasteiger partial charge in [-0.3, -0.25) is 0 Å². The Morgan fingerprint density at radius 1 is 0.786 bits per heavy atom. The largest absolute Gasteiger partial charge is 0.466 e. The highest BCUT2D eigenvalue weighted by molar-refractivity contribution is 6.97. The minimum absolute atomic E-state index is 0.0108. The lowest BCUT2D eigenvalue weighted by Gasteiger charge is -2.33. The third kappa shape index (κ3) is 1.76. The fraction of sp³-hybridized carbons (Fsp3) is 0.167. The van der Waals surface area contributed by atoms with Crippen molar-refractivity contribution < 1.29 is 13.9 Å². The minimum Gasteiger partial charge on any atom is -0.466 e. The smallest absolute Gasteiger partial charge is 0.305 e. The van der Waals surface area contributed by atoms with Crippen LogP contribution in [-0.4, -0.2) is 6.71 Å². The van der Waals surface area contributed by atoms with E-state index in [0.717, 1.165) is 63.5 Å². The van der Waals surface area contributed by atoms with Crippen molar-refractivity contribution in [2.24, 2.45) is 0 Å². The van der Waals surface area contributed by atoms with E-state index in [1.165, 1.54) is 22.2 Å². The van der Waals surface area contributed by atoms with Crippen molar-refractivity contribution in [3.05, 3.63) is 64.7 Å². The fourth-order valence-corrected chi connectivity index (χ4v) is 4.90. The molecule has 4 heteroatoms. The summed E-state index contributed by atoms with van der Waals surface area (Å²) in [7, 11) is 0. The monoisotopic (exact) mass is 364 g/mol. The first kappa shape index (κ1) is 14.9. The van der Waals surface area contributed by atoms with Gasteiger partial charge < -0.3 is 13.9 Å². The second-order valence-corrected chi connectivity index (χ2v) is 8.27. The summed E-state index contributed by atoms with van der Waals surface area (Å²) in [4.78, 5) is 0. The molecule has 7 rings (SSSR count). The van der Waals surface area contributed by atoms with Crippen LogP contribution in [0.15, 0.2) is 46.9 Å². The summed E-state index contributed by atoms with van der Waals surface area (Å²) < 4.78 is 19.2. The first-order valence-corrected chi connectivity index (χ1v) is 9.85. The van der Waals surface area contributed by atoms with Gasteiger partial charge in [0, 0.05) is 5.46 Å². The molecule has 0 amide bonds. The van der Waals surface area contributed by atoms with Crippen LogP contribution >= 0.6 is 0 Å². The van der Waals surface area contributed by atoms with E-state index in [9.17, 15) is 0 Å². The molecule has 134 valence electrons. The Morgan fingerprint density at radius 3 is 2.39 bits per heavy atom. The van der Waals surface area contributed by atoms with E-state index in [4.69, 9.17) is 13.9 Å². The van der Waals surface area contributed by atoms with Gasteiger partial charge in [-0.05, 0) is 79.2 Å². The summed E-state index contributed by atoms with van der Waals surface area (Å²) in [6.07, 6.45) is 2.28. The van der Waals surface area contributed by atoms with Crippen LogP contribution in [-0.2, 0) is 12.8 Å². The SMILES string of the molecule is Cc1cc2c3c(c1)Oc1c(oc4ccc(C)cc14)B3c1cc3c(cc1O2)CC3. The molecule has 1 aliphatic carbocycles. The Bertz CT molecular complexity index is 1350. The Balaban J connectivity index is 1.58. The van der Waals surface area contributed by atoms with E-state index in [1.807, 2.05) is 6.07 Å². The van der Waals surface area contributed by atoms with Gasteiger partial charge in [0.05, 0.1) is 5.39 Å². The van der Waals surface area contributed by atoms with Gasteiger partial charge in [0.1, 0.15) is 28.5 Å². The van der Waals surface area contributed by atoms with Crippen LogP contribution in [0, 0.1) is 13.8 Å². The second-order valence-electron chi connectivity index (χ2n) is 8.27. The molecule has 0 saturated heterocycles. The summed E-state index contributed by atoms with van der Waals surface area (Å²) in [6.45, 7) is 4.19. The van der Waals surface area contributed by atoms with E-state index in [0.29, 0.717) is 0 Å². The number of furan rings is 1. The Morgan fingerprint density at radius 2 is 1.57 bits per heavy atom. The number of fused-ring (bicyclic) bond motifs is 7. The maximum Gasteiger partial charge on any atom is 0.305 e. The highest BCUT2D eigenvalue weighted by Crippen LogP contribution is 2.40. The molecule has 0 unspecified atom stereocenters. The summed E-state index contributed by atoms with van der Waals surface area (Å²) >= 11 is 0. The minimum atomic E-state index is 0.0108. The van der Waals surface area contributed by atoms with Crippen molar-refractivity contribution in [2.45, 2.75) is 26.7 Å². The maximum absolute atomic E-state index is 6.42. The van der Waals surface area contributed by atoms with Crippen molar-refractivity contribution >= 4 is 34.3 Å². The topological polar surface area (TPSA) is 31.6 Å². The molecule has 3 nitrogen and oxygen atoms in total. The van der Waals surface area contributed by atoms with E-state index >= 15 is 0 Å². The predicted molar refractivity (Wildman–Crippen MR) is 111 cm³/mol. The Hall–Kier alpha value is -3.14. The van der Waals surface area contributed by atoms with Gasteiger partial charge >= 0.3 is 6.71 Å². The van der Waals surface area contributed by atoms with Crippen molar-refractivity contribution in [2.75, 3.05) is 0 Å². The summed E-state index contributed by atoms with van der Waals surface area (Å²) in [5.74, 6) is 3.57. The molecule has 28 heavy (non-hydrogen) atoms. The normalized spacial score (nSPS) is 15.0. The third-order valence-corrected chi connectivity index (χ3v) is 6.36. The van der Waals surface area contributed by atoms with Crippen LogP contribution in [0.4, 0.5) is 0 Å². The number of rotatable bonds is 0. The molecular formula is C24H17BO3. The quantitative estimate of drug-likeness (QED) is 0.384. The van der Waals surface area contributed by atoms with Crippen molar-refractivity contribution in [1.29, 1.82) is 0 Å². The predicted octanol–water partition coefficient (Wildman–Crippen LogP) is 3.88. The van der Waals surface area contributed by atoms with Gasteiger partial charge in [-0.2, -0.15) is 0 Å². The highest BCUT2D eigenvalue weighted by Gasteiger charge is 2.44. The van der Waals surface area contributed by atoms with E-state index < -0.39 is 0 Å². The lowest BCUT2D eigenvalue weighted by Crippen LogP contribution is -2.57. The number of ether oxygens (including phenoxy) is 2. The van der Waals surface area contributed by atoms with Gasteiger partial charge in [0.2, 0.25) is 0 Å². The van der Waals surface area contributed by atoms with Crippen LogP contribution in [0.2, 0.25) is 0 Å². The first-order valence-electron chi connectivity index (χ1n) is 9.85. The zero-order chi connectivity index (χ0) is 18.6. The molecule has 0 saturated carbocycles.